The van der Waals surface area contributed by atoms with E-state index in [2.05, 4.69) is 21.9 Å². The molecule has 0 aromatic rings. The van der Waals surface area contributed by atoms with Crippen molar-refractivity contribution < 1.29 is 4.79 Å². The first-order valence-corrected chi connectivity index (χ1v) is 10.7. The highest BCUT2D eigenvalue weighted by molar-refractivity contribution is 14.0. The number of hydrogen-bond donors (Lipinski definition) is 2. The van der Waals surface area contributed by atoms with Gasteiger partial charge in [-0.25, -0.2) is 4.99 Å². The van der Waals surface area contributed by atoms with Crippen LogP contribution in [0.25, 0.3) is 0 Å². The van der Waals surface area contributed by atoms with Crippen LogP contribution in [0.2, 0.25) is 0 Å². The van der Waals surface area contributed by atoms with Gasteiger partial charge >= 0.3 is 0 Å². The van der Waals surface area contributed by atoms with E-state index in [1.165, 1.54) is 57.8 Å². The van der Waals surface area contributed by atoms with Gasteiger partial charge in [0.2, 0.25) is 5.91 Å². The normalized spacial score (nSPS) is 25.0. The molecule has 0 spiro atoms. The van der Waals surface area contributed by atoms with Crippen molar-refractivity contribution in [1.82, 2.24) is 15.5 Å². The van der Waals surface area contributed by atoms with Gasteiger partial charge in [0, 0.05) is 31.4 Å². The first-order valence-electron chi connectivity index (χ1n) is 9.39. The van der Waals surface area contributed by atoms with Crippen molar-refractivity contribution in [3.05, 3.63) is 0 Å². The molecule has 0 heterocycles. The van der Waals surface area contributed by atoms with Crippen molar-refractivity contribution in [2.24, 2.45) is 4.99 Å². The summed E-state index contributed by atoms with van der Waals surface area (Å²) in [5.41, 5.74) is 0. The molecule has 2 fully saturated rings. The molecular formula is C18H35IN4OS. The molecule has 2 atom stereocenters. The Hall–Kier alpha value is -0.180. The Morgan fingerprint density at radius 1 is 1.04 bits per heavy atom. The highest BCUT2D eigenvalue weighted by Gasteiger charge is 2.23. The lowest BCUT2D eigenvalue weighted by Crippen LogP contribution is -2.49. The second-order valence-corrected chi connectivity index (χ2v) is 8.44. The molecule has 25 heavy (non-hydrogen) atoms. The van der Waals surface area contributed by atoms with Crippen LogP contribution in [0.4, 0.5) is 0 Å². The number of carbonyl (C=O) groups excluding carboxylic acids is 1. The summed E-state index contributed by atoms with van der Waals surface area (Å²) in [6.45, 7) is 0.216. The summed E-state index contributed by atoms with van der Waals surface area (Å²) in [5.74, 6) is 0.884. The van der Waals surface area contributed by atoms with Crippen molar-refractivity contribution in [3.8, 4) is 0 Å². The Morgan fingerprint density at radius 3 is 2.32 bits per heavy atom. The zero-order valence-corrected chi connectivity index (χ0v) is 19.1. The van der Waals surface area contributed by atoms with Crippen molar-refractivity contribution in [3.63, 3.8) is 0 Å². The first-order chi connectivity index (χ1) is 11.6. The SMILES string of the molecule is CSC1CCCC(NC(=NCC(=O)N(C)C)NC2CCCCC2)C1.I. The van der Waals surface area contributed by atoms with Gasteiger partial charge in [-0.2, -0.15) is 11.8 Å². The van der Waals surface area contributed by atoms with Crippen molar-refractivity contribution in [1.29, 1.82) is 0 Å². The van der Waals surface area contributed by atoms with Gasteiger partial charge in [0.05, 0.1) is 0 Å². The molecule has 2 aliphatic rings. The summed E-state index contributed by atoms with van der Waals surface area (Å²) in [5, 5.41) is 7.95. The van der Waals surface area contributed by atoms with Gasteiger partial charge in [-0.15, -0.1) is 24.0 Å². The van der Waals surface area contributed by atoms with Crippen LogP contribution in [0, 0.1) is 0 Å². The highest BCUT2D eigenvalue weighted by atomic mass is 127. The first kappa shape index (κ1) is 22.9. The number of likely N-dealkylation sites (N-methyl/N-ethyl adjacent to an activating group) is 1. The summed E-state index contributed by atoms with van der Waals surface area (Å²) in [6, 6.07) is 0.972. The minimum absolute atomic E-state index is 0. The zero-order chi connectivity index (χ0) is 17.4. The standard InChI is InChI=1S/C18H34N4OS.HI/c1-22(2)17(23)13-19-18(20-14-8-5-4-6-9-14)21-15-10-7-11-16(12-15)24-3;/h14-16H,4-13H2,1-3H3,(H2,19,20,21);1H. The van der Waals surface area contributed by atoms with Crippen LogP contribution in [0.3, 0.4) is 0 Å². The summed E-state index contributed by atoms with van der Waals surface area (Å²) >= 11 is 1.97. The van der Waals surface area contributed by atoms with Crippen LogP contribution in [-0.2, 0) is 4.79 Å². The number of rotatable bonds is 5. The topological polar surface area (TPSA) is 56.7 Å². The predicted molar refractivity (Wildman–Crippen MR) is 119 cm³/mol. The number of carbonyl (C=O) groups is 1. The van der Waals surface area contributed by atoms with E-state index in [4.69, 9.17) is 0 Å². The van der Waals surface area contributed by atoms with Gasteiger partial charge in [-0.3, -0.25) is 4.79 Å². The van der Waals surface area contributed by atoms with Crippen LogP contribution >= 0.6 is 35.7 Å². The average molecular weight is 482 g/mol. The second kappa shape index (κ2) is 12.3. The third-order valence-corrected chi connectivity index (χ3v) is 6.21. The number of aliphatic imine (C=N–C) groups is 1. The van der Waals surface area contributed by atoms with Crippen molar-refractivity contribution in [2.45, 2.75) is 75.1 Å². The van der Waals surface area contributed by atoms with Gasteiger partial charge in [0.15, 0.2) is 5.96 Å². The largest absolute Gasteiger partial charge is 0.354 e. The summed E-state index contributed by atoms with van der Waals surface area (Å²) in [6.07, 6.45) is 13.5. The molecule has 0 radical (unpaired) electrons. The minimum atomic E-state index is 0. The fourth-order valence-electron chi connectivity index (χ4n) is 3.54. The third-order valence-electron chi connectivity index (χ3n) is 5.12. The molecule has 5 nitrogen and oxygen atoms in total. The number of amides is 1. The van der Waals surface area contributed by atoms with E-state index in [-0.39, 0.29) is 36.4 Å². The van der Waals surface area contributed by atoms with E-state index >= 15 is 0 Å². The number of nitrogens with one attached hydrogen (secondary N) is 2. The van der Waals surface area contributed by atoms with Crippen molar-refractivity contribution in [2.75, 3.05) is 26.9 Å². The smallest absolute Gasteiger partial charge is 0.243 e. The molecular weight excluding hydrogens is 447 g/mol. The molecule has 2 rings (SSSR count). The Bertz CT molecular complexity index is 427. The molecule has 2 N–H and O–H groups in total. The lowest BCUT2D eigenvalue weighted by Gasteiger charge is -2.32. The Balaban J connectivity index is 0.00000312. The van der Waals surface area contributed by atoms with E-state index in [1.807, 2.05) is 11.8 Å². The molecule has 0 saturated heterocycles. The molecule has 0 aromatic heterocycles. The minimum Gasteiger partial charge on any atom is -0.354 e. The van der Waals surface area contributed by atoms with Crippen LogP contribution in [0.1, 0.15) is 57.8 Å². The van der Waals surface area contributed by atoms with E-state index in [0.717, 1.165) is 11.2 Å². The molecule has 0 bridgehead atoms. The molecule has 2 unspecified atom stereocenters. The third kappa shape index (κ3) is 8.37. The maximum atomic E-state index is 11.9. The number of guanidine groups is 1. The molecule has 0 aliphatic heterocycles. The molecule has 1 amide bonds. The van der Waals surface area contributed by atoms with Crippen LogP contribution in [-0.4, -0.2) is 61.0 Å². The van der Waals surface area contributed by atoms with Gasteiger partial charge in [0.25, 0.3) is 0 Å². The van der Waals surface area contributed by atoms with Gasteiger partial charge in [0.1, 0.15) is 6.54 Å². The quantitative estimate of drug-likeness (QED) is 0.359. The summed E-state index contributed by atoms with van der Waals surface area (Å²) < 4.78 is 0. The van der Waals surface area contributed by atoms with E-state index in [0.29, 0.717) is 12.1 Å². The highest BCUT2D eigenvalue weighted by Crippen LogP contribution is 2.27. The maximum Gasteiger partial charge on any atom is 0.243 e. The van der Waals surface area contributed by atoms with E-state index < -0.39 is 0 Å². The van der Waals surface area contributed by atoms with Crippen LogP contribution in [0.15, 0.2) is 4.99 Å². The van der Waals surface area contributed by atoms with Crippen molar-refractivity contribution >= 4 is 47.6 Å². The Labute approximate surface area is 174 Å². The average Bonchev–Trinajstić information content (AvgIpc) is 2.60. The van der Waals surface area contributed by atoms with E-state index in [9.17, 15) is 4.79 Å². The molecule has 146 valence electrons. The van der Waals surface area contributed by atoms with E-state index in [1.54, 1.807) is 19.0 Å². The fraction of sp³-hybridized carbons (Fsp3) is 0.889. The molecule has 0 aromatic carbocycles. The lowest BCUT2D eigenvalue weighted by molar-refractivity contribution is -0.127. The summed E-state index contributed by atoms with van der Waals surface area (Å²) in [7, 11) is 3.56. The number of nitrogens with zero attached hydrogens (tertiary/aromatic N) is 2. The Morgan fingerprint density at radius 2 is 1.68 bits per heavy atom. The lowest BCUT2D eigenvalue weighted by atomic mass is 9.94. The number of thioether (sulfide) groups is 1. The monoisotopic (exact) mass is 482 g/mol. The Kier molecular flexibility index (Phi) is 11.2. The second-order valence-electron chi connectivity index (χ2n) is 7.30. The molecule has 2 saturated carbocycles. The summed E-state index contributed by atoms with van der Waals surface area (Å²) in [4.78, 5) is 18.1. The zero-order valence-electron chi connectivity index (χ0n) is 15.9. The van der Waals surface area contributed by atoms with Gasteiger partial charge in [-0.1, -0.05) is 25.7 Å². The molecule has 7 heteroatoms. The fourth-order valence-corrected chi connectivity index (χ4v) is 4.37. The predicted octanol–water partition coefficient (Wildman–Crippen LogP) is 3.23. The van der Waals surface area contributed by atoms with Gasteiger partial charge in [-0.05, 0) is 38.4 Å². The van der Waals surface area contributed by atoms with Crippen LogP contribution < -0.4 is 10.6 Å². The van der Waals surface area contributed by atoms with Gasteiger partial charge < -0.3 is 15.5 Å². The number of halogens is 1. The molecule has 2 aliphatic carbocycles. The maximum absolute atomic E-state index is 11.9. The number of hydrogen-bond acceptors (Lipinski definition) is 3. The van der Waals surface area contributed by atoms with Crippen LogP contribution in [0.5, 0.6) is 0 Å².